The second-order valence-corrected chi connectivity index (χ2v) is 14.4. The van der Waals surface area contributed by atoms with Crippen molar-refractivity contribution in [2.45, 2.75) is 97.9 Å². The summed E-state index contributed by atoms with van der Waals surface area (Å²) in [6, 6.07) is 0.605. The van der Waals surface area contributed by atoms with Crippen molar-refractivity contribution >= 4 is 40.6 Å². The van der Waals surface area contributed by atoms with E-state index in [2.05, 4.69) is 45.2 Å². The Morgan fingerprint density at radius 3 is 2.57 bits per heavy atom. The fourth-order valence-corrected chi connectivity index (χ4v) is 6.87. The Morgan fingerprint density at radius 2 is 1.93 bits per heavy atom. The first-order valence-corrected chi connectivity index (χ1v) is 16.8. The van der Waals surface area contributed by atoms with Gasteiger partial charge in [0.25, 0.3) is 0 Å². The second-order valence-electron chi connectivity index (χ2n) is 13.5. The lowest BCUT2D eigenvalue weighted by Gasteiger charge is -2.31. The Bertz CT molecular complexity index is 1460. The normalized spacial score (nSPS) is 21.3. The van der Waals surface area contributed by atoms with Gasteiger partial charge in [-0.2, -0.15) is 0 Å². The summed E-state index contributed by atoms with van der Waals surface area (Å²) in [5.74, 6) is -0.473. The van der Waals surface area contributed by atoms with Gasteiger partial charge in [0, 0.05) is 38.2 Å². The van der Waals surface area contributed by atoms with Crippen molar-refractivity contribution < 1.29 is 28.8 Å². The van der Waals surface area contributed by atoms with E-state index >= 15 is 0 Å². The highest BCUT2D eigenvalue weighted by Gasteiger charge is 2.43. The molecule has 0 spiro atoms. The average molecular weight is 657 g/mol. The molecule has 252 valence electrons. The lowest BCUT2D eigenvalue weighted by molar-refractivity contribution is -0.141. The number of likely N-dealkylation sites (tertiary alicyclic amines) is 1. The van der Waals surface area contributed by atoms with Gasteiger partial charge in [0.15, 0.2) is 11.6 Å². The van der Waals surface area contributed by atoms with E-state index in [9.17, 15) is 19.5 Å². The lowest BCUT2D eigenvalue weighted by Crippen LogP contribution is -2.50. The third kappa shape index (κ3) is 8.75. The van der Waals surface area contributed by atoms with E-state index in [0.717, 1.165) is 17.7 Å². The van der Waals surface area contributed by atoms with Crippen LogP contribution in [-0.4, -0.2) is 81.5 Å². The van der Waals surface area contributed by atoms with E-state index in [0.29, 0.717) is 24.7 Å². The molecule has 2 aromatic heterocycles. The summed E-state index contributed by atoms with van der Waals surface area (Å²) < 4.78 is 10.8. The van der Waals surface area contributed by atoms with E-state index in [1.54, 1.807) is 38.2 Å². The number of aryl methyl sites for hydroxylation is 1. The number of anilines is 1. The van der Waals surface area contributed by atoms with Crippen LogP contribution in [0.25, 0.3) is 5.57 Å². The molecular formula is C33H48N6O6S. The van der Waals surface area contributed by atoms with Gasteiger partial charge in [-0.05, 0) is 64.0 Å². The minimum atomic E-state index is -0.812. The van der Waals surface area contributed by atoms with Crippen molar-refractivity contribution in [3.63, 3.8) is 0 Å². The molecule has 1 aliphatic carbocycles. The van der Waals surface area contributed by atoms with Gasteiger partial charge in [-0.3, -0.25) is 9.59 Å². The summed E-state index contributed by atoms with van der Waals surface area (Å²) in [5, 5.41) is 23.5. The molecule has 5 atom stereocenters. The minimum Gasteiger partial charge on any atom is -0.444 e. The molecule has 2 aromatic rings. The van der Waals surface area contributed by atoms with Crippen molar-refractivity contribution in [1.82, 2.24) is 25.7 Å². The van der Waals surface area contributed by atoms with Crippen LogP contribution in [0.2, 0.25) is 0 Å². The first-order valence-electron chi connectivity index (χ1n) is 15.9. The topological polar surface area (TPSA) is 159 Å². The zero-order valence-corrected chi connectivity index (χ0v) is 28.9. The number of hydrogen-bond acceptors (Lipinski definition) is 10. The summed E-state index contributed by atoms with van der Waals surface area (Å²) in [6.45, 7) is 16.0. The van der Waals surface area contributed by atoms with Crippen molar-refractivity contribution in [3.8, 4) is 0 Å². The van der Waals surface area contributed by atoms with Gasteiger partial charge in [-0.15, -0.1) is 11.3 Å². The molecule has 12 nitrogen and oxygen atoms in total. The van der Waals surface area contributed by atoms with Gasteiger partial charge in [0.05, 0.1) is 22.2 Å². The Hall–Kier alpha value is -3.71. The van der Waals surface area contributed by atoms with E-state index in [4.69, 9.17) is 9.26 Å². The number of ether oxygens (including phenoxy) is 1. The Balaban J connectivity index is 1.39. The molecule has 3 heterocycles. The highest BCUT2D eigenvalue weighted by Crippen LogP contribution is 2.36. The number of carbonyl (C=O) groups is 3. The summed E-state index contributed by atoms with van der Waals surface area (Å²) in [7, 11) is 0. The molecule has 0 bridgehead atoms. The molecule has 1 aliphatic heterocycles. The molecule has 3 amide bonds. The van der Waals surface area contributed by atoms with E-state index in [1.165, 1.54) is 15.4 Å². The van der Waals surface area contributed by atoms with Crippen LogP contribution < -0.4 is 16.0 Å². The maximum atomic E-state index is 14.0. The fraction of sp³-hybridized carbons (Fsp3) is 0.606. The number of rotatable bonds is 11. The van der Waals surface area contributed by atoms with E-state index in [-0.39, 0.29) is 42.7 Å². The summed E-state index contributed by atoms with van der Waals surface area (Å²) in [5.41, 5.74) is 4.65. The predicted octanol–water partition coefficient (Wildman–Crippen LogP) is 4.63. The van der Waals surface area contributed by atoms with Crippen molar-refractivity contribution in [3.05, 3.63) is 45.6 Å². The number of aliphatic hydroxyl groups excluding tert-OH is 1. The van der Waals surface area contributed by atoms with Crippen LogP contribution in [0.1, 0.15) is 83.6 Å². The minimum absolute atomic E-state index is 0.0590. The number of thiazole rings is 1. The zero-order chi connectivity index (χ0) is 33.8. The number of aliphatic hydroxyl groups is 1. The maximum absolute atomic E-state index is 14.0. The maximum Gasteiger partial charge on any atom is 0.407 e. The smallest absolute Gasteiger partial charge is 0.407 e. The van der Waals surface area contributed by atoms with Crippen molar-refractivity contribution in [2.24, 2.45) is 11.8 Å². The first kappa shape index (κ1) is 35.1. The molecule has 0 aromatic carbocycles. The Labute approximate surface area is 275 Å². The van der Waals surface area contributed by atoms with Crippen molar-refractivity contribution in [1.29, 1.82) is 0 Å². The number of aromatic nitrogens is 2. The van der Waals surface area contributed by atoms with Gasteiger partial charge in [-0.25, -0.2) is 9.78 Å². The van der Waals surface area contributed by atoms with Crippen LogP contribution in [0.5, 0.6) is 0 Å². The van der Waals surface area contributed by atoms with Gasteiger partial charge >= 0.3 is 6.09 Å². The third-order valence-corrected chi connectivity index (χ3v) is 9.20. The molecule has 0 saturated carbocycles. The van der Waals surface area contributed by atoms with Crippen LogP contribution in [0.3, 0.4) is 0 Å². The number of alkyl carbamates (subject to hydrolysis) is 1. The zero-order valence-electron chi connectivity index (χ0n) is 28.0. The SMILES string of the molecule is Cc1ncsc1C1=CC=C(C(C)NC(=O)C2CC(O)CN2C(=O)C(c2cc(NCCNC(=O)OC(C)(C)C)no2)C(C)C)C(C)C1. The van der Waals surface area contributed by atoms with Crippen LogP contribution in [0.4, 0.5) is 10.6 Å². The molecule has 5 unspecified atom stereocenters. The molecule has 1 saturated heterocycles. The standard InChI is InChI=1S/C33H48N6O6S/c1-18(2)28(26-15-27(38-45-26)34-11-12-35-32(43)44-33(6,7)8)31(42)39-16-23(40)14-25(39)30(41)37-20(4)24-10-9-22(13-19(24)3)29-21(5)36-17-46-29/h9-10,15,17-20,23,25,28,40H,11-14,16H2,1-8H3,(H,34,38)(H,35,43)(H,37,41). The van der Waals surface area contributed by atoms with Gasteiger partial charge in [-0.1, -0.05) is 38.1 Å². The molecule has 13 heteroatoms. The predicted molar refractivity (Wildman–Crippen MR) is 177 cm³/mol. The monoisotopic (exact) mass is 656 g/mol. The highest BCUT2D eigenvalue weighted by molar-refractivity contribution is 7.10. The average Bonchev–Trinajstić information content (AvgIpc) is 3.70. The molecule has 4 N–H and O–H groups in total. The fourth-order valence-electron chi connectivity index (χ4n) is 6.03. The van der Waals surface area contributed by atoms with Gasteiger partial charge in [0.1, 0.15) is 17.6 Å². The van der Waals surface area contributed by atoms with E-state index in [1.807, 2.05) is 33.2 Å². The third-order valence-electron chi connectivity index (χ3n) is 8.20. The van der Waals surface area contributed by atoms with Crippen molar-refractivity contribution in [2.75, 3.05) is 25.0 Å². The number of nitrogens with zero attached hydrogens (tertiary/aromatic N) is 3. The summed E-state index contributed by atoms with van der Waals surface area (Å²) in [6.07, 6.45) is 3.88. The van der Waals surface area contributed by atoms with Gasteiger partial charge in [0.2, 0.25) is 11.8 Å². The summed E-state index contributed by atoms with van der Waals surface area (Å²) >= 11 is 1.64. The molecule has 46 heavy (non-hydrogen) atoms. The van der Waals surface area contributed by atoms with Crippen LogP contribution >= 0.6 is 11.3 Å². The number of hydrogen-bond donors (Lipinski definition) is 4. The highest BCUT2D eigenvalue weighted by atomic mass is 32.1. The first-order chi connectivity index (χ1) is 21.6. The number of β-amino-alcohol motifs (C(OH)–C–C–N with tert-alkyl or cyclic N) is 1. The van der Waals surface area contributed by atoms with Crippen LogP contribution in [0, 0.1) is 18.8 Å². The molecule has 0 radical (unpaired) electrons. The number of allylic oxidation sites excluding steroid dienone is 3. The molecular weight excluding hydrogens is 608 g/mol. The number of amides is 3. The quantitative estimate of drug-likeness (QED) is 0.253. The lowest BCUT2D eigenvalue weighted by atomic mass is 9.84. The number of nitrogens with one attached hydrogen (secondary N) is 3. The van der Waals surface area contributed by atoms with Crippen LogP contribution in [0.15, 0.2) is 33.8 Å². The molecule has 1 fully saturated rings. The Kier molecular flexibility index (Phi) is 11.3. The molecule has 4 rings (SSSR count). The number of carbonyl (C=O) groups excluding carboxylic acids is 3. The largest absolute Gasteiger partial charge is 0.444 e. The van der Waals surface area contributed by atoms with Gasteiger partial charge < -0.3 is 35.2 Å². The van der Waals surface area contributed by atoms with Crippen LogP contribution in [-0.2, 0) is 14.3 Å². The molecule has 2 aliphatic rings. The Morgan fingerprint density at radius 1 is 1.20 bits per heavy atom. The van der Waals surface area contributed by atoms with E-state index < -0.39 is 29.8 Å². The summed E-state index contributed by atoms with van der Waals surface area (Å²) in [4.78, 5) is 46.5. The second kappa shape index (κ2) is 14.8.